The number of unbranched alkanes of at least 4 members (excludes halogenated alkanes) is 14. The predicted octanol–water partition coefficient (Wildman–Crippen LogP) is -0.475. The molecule has 0 aromatic rings. The van der Waals surface area contributed by atoms with Crippen LogP contribution in [0.1, 0.15) is 123 Å². The van der Waals surface area contributed by atoms with Gasteiger partial charge in [-0.3, -0.25) is 4.79 Å². The summed E-state index contributed by atoms with van der Waals surface area (Å²) in [6.07, 6.45) is -5.55. The van der Waals surface area contributed by atoms with Crippen molar-refractivity contribution in [2.45, 2.75) is 227 Å². The van der Waals surface area contributed by atoms with Gasteiger partial charge in [-0.2, -0.15) is 0 Å². The van der Waals surface area contributed by atoms with E-state index in [4.69, 9.17) is 28.4 Å². The average molecular weight is 898 g/mol. The van der Waals surface area contributed by atoms with Gasteiger partial charge in [0.2, 0.25) is 5.91 Å². The Balaban J connectivity index is 1.56. The summed E-state index contributed by atoms with van der Waals surface area (Å²) in [6.45, 7) is 1.53. The molecule has 0 spiro atoms. The first kappa shape index (κ1) is 54.9. The Kier molecular flexibility index (Phi) is 26.5. The quantitative estimate of drug-likeness (QED) is 0.0320. The number of carbonyl (C=O) groups is 1. The zero-order valence-electron chi connectivity index (χ0n) is 36.6. The van der Waals surface area contributed by atoms with Crippen LogP contribution in [0.5, 0.6) is 0 Å². The molecule has 1 amide bonds. The lowest BCUT2D eigenvalue weighted by Gasteiger charge is -2.48. The number of aliphatic hydroxyl groups excluding tert-OH is 11. The van der Waals surface area contributed by atoms with E-state index in [1.54, 1.807) is 6.08 Å². The zero-order chi connectivity index (χ0) is 45.6. The number of allylic oxidation sites excluding steroid dienone is 1. The summed E-state index contributed by atoms with van der Waals surface area (Å²) in [6, 6.07) is -0.961. The maximum Gasteiger partial charge on any atom is 0.220 e. The van der Waals surface area contributed by atoms with Gasteiger partial charge in [0.15, 0.2) is 18.9 Å². The Labute approximate surface area is 365 Å². The zero-order valence-corrected chi connectivity index (χ0v) is 36.6. The van der Waals surface area contributed by atoms with E-state index < -0.39 is 124 Å². The highest BCUT2D eigenvalue weighted by Crippen LogP contribution is 2.33. The third-order valence-corrected chi connectivity index (χ3v) is 11.8. The van der Waals surface area contributed by atoms with E-state index in [-0.39, 0.29) is 18.9 Å². The van der Waals surface area contributed by atoms with Crippen molar-refractivity contribution >= 4 is 5.91 Å². The fourth-order valence-electron chi connectivity index (χ4n) is 7.89. The number of rotatable bonds is 30. The lowest BCUT2D eigenvalue weighted by atomic mass is 9.96. The molecular weight excluding hydrogens is 818 g/mol. The molecule has 0 aromatic carbocycles. The van der Waals surface area contributed by atoms with Gasteiger partial charge in [-0.05, 0) is 19.3 Å². The van der Waals surface area contributed by atoms with E-state index in [1.807, 2.05) is 6.08 Å². The van der Waals surface area contributed by atoms with Gasteiger partial charge < -0.3 is 89.9 Å². The number of nitrogens with one attached hydrogen (secondary N) is 1. The molecule has 364 valence electrons. The van der Waals surface area contributed by atoms with Crippen molar-refractivity contribution in [1.29, 1.82) is 0 Å². The average Bonchev–Trinajstić information content (AvgIpc) is 3.26. The van der Waals surface area contributed by atoms with E-state index in [0.29, 0.717) is 6.42 Å². The number of ether oxygens (including phenoxy) is 6. The van der Waals surface area contributed by atoms with Crippen LogP contribution in [0.15, 0.2) is 12.2 Å². The molecule has 12 N–H and O–H groups in total. The van der Waals surface area contributed by atoms with Crippen LogP contribution in [0.2, 0.25) is 0 Å². The van der Waals surface area contributed by atoms with Gasteiger partial charge in [0.1, 0.15) is 73.2 Å². The molecule has 0 saturated carbocycles. The largest absolute Gasteiger partial charge is 0.394 e. The van der Waals surface area contributed by atoms with Crippen LogP contribution >= 0.6 is 0 Å². The summed E-state index contributed by atoms with van der Waals surface area (Å²) in [4.78, 5) is 13.0. The van der Waals surface area contributed by atoms with Gasteiger partial charge >= 0.3 is 0 Å². The molecule has 17 atom stereocenters. The number of carbonyl (C=O) groups excluding carboxylic acids is 1. The molecular formula is C43H79NO18. The van der Waals surface area contributed by atoms with Crippen molar-refractivity contribution in [2.24, 2.45) is 0 Å². The van der Waals surface area contributed by atoms with Crippen molar-refractivity contribution in [3.8, 4) is 0 Å². The molecule has 0 aliphatic carbocycles. The second kappa shape index (κ2) is 29.9. The Morgan fingerprint density at radius 1 is 0.565 bits per heavy atom. The third-order valence-electron chi connectivity index (χ3n) is 11.8. The molecule has 0 radical (unpaired) electrons. The highest BCUT2D eigenvalue weighted by atomic mass is 16.8. The Morgan fingerprint density at radius 3 is 1.52 bits per heavy atom. The second-order valence-electron chi connectivity index (χ2n) is 16.9. The number of aliphatic hydroxyl groups is 11. The molecule has 3 fully saturated rings. The van der Waals surface area contributed by atoms with Gasteiger partial charge in [0, 0.05) is 6.42 Å². The van der Waals surface area contributed by atoms with E-state index in [1.165, 1.54) is 51.4 Å². The Morgan fingerprint density at radius 2 is 1.00 bits per heavy atom. The fraction of sp³-hybridized carbons (Fsp3) is 0.930. The topological polar surface area (TPSA) is 307 Å². The molecule has 3 aliphatic heterocycles. The second-order valence-corrected chi connectivity index (χ2v) is 16.9. The molecule has 0 aromatic heterocycles. The SMILES string of the molecule is CCCCC/C=C/C(O)C(COC1OC(CO)C(OC2OC(CO)C(OC3OC(CO)C(O)C(O)C3O)C(O)C2O)C(O)C1O)NC(=O)CCCCCCCCCCCCCC. The Bertz CT molecular complexity index is 1220. The lowest BCUT2D eigenvalue weighted by molar-refractivity contribution is -0.379. The van der Waals surface area contributed by atoms with E-state index in [2.05, 4.69) is 19.2 Å². The van der Waals surface area contributed by atoms with Crippen molar-refractivity contribution in [3.05, 3.63) is 12.2 Å². The first-order chi connectivity index (χ1) is 29.8. The molecule has 0 bridgehead atoms. The summed E-state index contributed by atoms with van der Waals surface area (Å²) < 4.78 is 33.9. The standard InChI is InChI=1S/C43H79NO18/c1-3-5-7-9-10-11-12-13-14-15-17-19-21-31(49)44-26(27(48)20-18-16-8-6-4-2)25-57-41-37(55)34(52)39(29(23-46)59-41)62-43-38(56)35(53)40(30(24-47)60-43)61-42-36(54)33(51)32(50)28(22-45)58-42/h18,20,26-30,32-43,45-48,50-56H,3-17,19,21-25H2,1-2H3,(H,44,49)/b20-18+. The molecule has 3 aliphatic rings. The van der Waals surface area contributed by atoms with Crippen LogP contribution in [0, 0.1) is 0 Å². The van der Waals surface area contributed by atoms with Crippen LogP contribution in [0.25, 0.3) is 0 Å². The monoisotopic (exact) mass is 898 g/mol. The smallest absolute Gasteiger partial charge is 0.220 e. The van der Waals surface area contributed by atoms with Gasteiger partial charge in [0.25, 0.3) is 0 Å². The minimum absolute atomic E-state index is 0.245. The highest BCUT2D eigenvalue weighted by molar-refractivity contribution is 5.76. The van der Waals surface area contributed by atoms with E-state index >= 15 is 0 Å². The van der Waals surface area contributed by atoms with E-state index in [0.717, 1.165) is 44.9 Å². The molecule has 3 saturated heterocycles. The predicted molar refractivity (Wildman–Crippen MR) is 222 cm³/mol. The third kappa shape index (κ3) is 17.1. The first-order valence-corrected chi connectivity index (χ1v) is 22.9. The number of hydrogen-bond donors (Lipinski definition) is 12. The van der Waals surface area contributed by atoms with Gasteiger partial charge in [-0.25, -0.2) is 0 Å². The number of amides is 1. The summed E-state index contributed by atoms with van der Waals surface area (Å²) in [7, 11) is 0. The molecule has 62 heavy (non-hydrogen) atoms. The normalized spacial score (nSPS) is 35.3. The van der Waals surface area contributed by atoms with Crippen molar-refractivity contribution in [3.63, 3.8) is 0 Å². The van der Waals surface area contributed by atoms with Gasteiger partial charge in [-0.15, -0.1) is 0 Å². The Hall–Kier alpha value is -1.47. The summed E-state index contributed by atoms with van der Waals surface area (Å²) in [5.74, 6) is -0.286. The summed E-state index contributed by atoms with van der Waals surface area (Å²) in [5.41, 5.74) is 0. The van der Waals surface area contributed by atoms with Crippen LogP contribution in [0.4, 0.5) is 0 Å². The van der Waals surface area contributed by atoms with Gasteiger partial charge in [0.05, 0.1) is 38.6 Å². The van der Waals surface area contributed by atoms with Crippen LogP contribution in [-0.4, -0.2) is 193 Å². The van der Waals surface area contributed by atoms with Crippen LogP contribution in [0.3, 0.4) is 0 Å². The van der Waals surface area contributed by atoms with Crippen LogP contribution in [-0.2, 0) is 33.2 Å². The summed E-state index contributed by atoms with van der Waals surface area (Å²) >= 11 is 0. The molecule has 3 rings (SSSR count). The van der Waals surface area contributed by atoms with E-state index in [9.17, 15) is 61.0 Å². The van der Waals surface area contributed by atoms with Crippen molar-refractivity contribution in [2.75, 3.05) is 26.4 Å². The molecule has 19 nitrogen and oxygen atoms in total. The van der Waals surface area contributed by atoms with Crippen molar-refractivity contribution in [1.82, 2.24) is 5.32 Å². The highest BCUT2D eigenvalue weighted by Gasteiger charge is 2.53. The maximum absolute atomic E-state index is 13.0. The maximum atomic E-state index is 13.0. The van der Waals surface area contributed by atoms with Gasteiger partial charge in [-0.1, -0.05) is 109 Å². The lowest BCUT2D eigenvalue weighted by Crippen LogP contribution is -2.66. The fourth-order valence-corrected chi connectivity index (χ4v) is 7.89. The molecule has 19 heteroatoms. The summed E-state index contributed by atoms with van der Waals surface area (Å²) in [5, 5.41) is 119. The first-order valence-electron chi connectivity index (χ1n) is 22.9. The molecule has 3 heterocycles. The number of hydrogen-bond acceptors (Lipinski definition) is 18. The minimum Gasteiger partial charge on any atom is -0.394 e. The molecule has 17 unspecified atom stereocenters. The van der Waals surface area contributed by atoms with Crippen molar-refractivity contribution < 1.29 is 89.4 Å². The minimum atomic E-state index is -1.97. The van der Waals surface area contributed by atoms with Crippen LogP contribution < -0.4 is 5.32 Å².